The van der Waals surface area contributed by atoms with E-state index in [1.54, 1.807) is 19.1 Å². The van der Waals surface area contributed by atoms with Crippen molar-refractivity contribution in [2.24, 2.45) is 5.10 Å². The summed E-state index contributed by atoms with van der Waals surface area (Å²) >= 11 is 5.77. The predicted octanol–water partition coefficient (Wildman–Crippen LogP) is 2.90. The van der Waals surface area contributed by atoms with Gasteiger partial charge in [-0.15, -0.1) is 0 Å². The molecule has 0 fully saturated rings. The van der Waals surface area contributed by atoms with Crippen LogP contribution in [-0.4, -0.2) is 28.8 Å². The number of fused-ring (bicyclic) bond motifs is 1. The lowest BCUT2D eigenvalue weighted by Gasteiger charge is -2.07. The van der Waals surface area contributed by atoms with Crippen molar-refractivity contribution in [3.63, 3.8) is 0 Å². The van der Waals surface area contributed by atoms with Gasteiger partial charge >= 0.3 is 11.3 Å². The summed E-state index contributed by atoms with van der Waals surface area (Å²) in [4.78, 5) is 33.4. The largest absolute Gasteiger partial charge is 0.502 e. The van der Waals surface area contributed by atoms with Gasteiger partial charge in [0.05, 0.1) is 11.1 Å². The van der Waals surface area contributed by atoms with Gasteiger partial charge in [-0.05, 0) is 30.7 Å². The second kappa shape index (κ2) is 8.62. The Morgan fingerprint density at radius 3 is 2.87 bits per heavy atom. The van der Waals surface area contributed by atoms with Crippen molar-refractivity contribution in [1.29, 1.82) is 0 Å². The molecule has 3 aromatic rings. The van der Waals surface area contributed by atoms with E-state index < -0.39 is 34.5 Å². The van der Waals surface area contributed by atoms with Gasteiger partial charge in [-0.25, -0.2) is 10.2 Å². The van der Waals surface area contributed by atoms with Crippen molar-refractivity contribution in [1.82, 2.24) is 5.43 Å². The lowest BCUT2D eigenvalue weighted by molar-refractivity contribution is -0.385. The first kappa shape index (κ1) is 20.8. The van der Waals surface area contributed by atoms with Gasteiger partial charge in [0.15, 0.2) is 6.61 Å². The van der Waals surface area contributed by atoms with Gasteiger partial charge in [-0.1, -0.05) is 11.6 Å². The fraction of sp³-hybridized carbons (Fsp3) is 0.105. The van der Waals surface area contributed by atoms with Gasteiger partial charge in [0, 0.05) is 34.2 Å². The second-order valence-electron chi connectivity index (χ2n) is 6.11. The first-order chi connectivity index (χ1) is 14.2. The number of nitrogens with zero attached hydrogens (tertiary/aromatic N) is 2. The Morgan fingerprint density at radius 2 is 2.13 bits per heavy atom. The lowest BCUT2D eigenvalue weighted by Crippen LogP contribution is -2.24. The van der Waals surface area contributed by atoms with Gasteiger partial charge in [0.25, 0.3) is 5.91 Å². The third-order valence-electron chi connectivity index (χ3n) is 3.97. The fourth-order valence-corrected chi connectivity index (χ4v) is 2.81. The van der Waals surface area contributed by atoms with Crippen LogP contribution in [0.1, 0.15) is 11.1 Å². The molecule has 154 valence electrons. The molecule has 10 nitrogen and oxygen atoms in total. The molecule has 2 N–H and O–H groups in total. The van der Waals surface area contributed by atoms with Gasteiger partial charge in [-0.2, -0.15) is 5.10 Å². The highest BCUT2D eigenvalue weighted by molar-refractivity contribution is 6.31. The molecule has 0 spiro atoms. The number of nitro benzene ring substituents is 1. The summed E-state index contributed by atoms with van der Waals surface area (Å²) < 4.78 is 10.5. The summed E-state index contributed by atoms with van der Waals surface area (Å²) in [5.41, 5.74) is 2.12. The summed E-state index contributed by atoms with van der Waals surface area (Å²) in [5, 5.41) is 25.1. The third kappa shape index (κ3) is 4.73. The number of hydrazone groups is 1. The number of halogens is 1. The van der Waals surface area contributed by atoms with Crippen molar-refractivity contribution in [3.8, 4) is 11.5 Å². The average molecular weight is 432 g/mol. The lowest BCUT2D eigenvalue weighted by atomic mass is 10.1. The molecule has 1 amide bonds. The number of rotatable bonds is 6. The molecular weight excluding hydrogens is 418 g/mol. The van der Waals surface area contributed by atoms with Gasteiger partial charge in [-0.3, -0.25) is 14.9 Å². The summed E-state index contributed by atoms with van der Waals surface area (Å²) in [6, 6.07) is 8.43. The average Bonchev–Trinajstić information content (AvgIpc) is 2.68. The molecule has 0 unspecified atom stereocenters. The van der Waals surface area contributed by atoms with Crippen molar-refractivity contribution in [3.05, 3.63) is 73.1 Å². The van der Waals surface area contributed by atoms with Gasteiger partial charge < -0.3 is 14.3 Å². The molecule has 2 aromatic carbocycles. The Labute approximate surface area is 173 Å². The first-order valence-electron chi connectivity index (χ1n) is 8.40. The maximum atomic E-state index is 11.9. The summed E-state index contributed by atoms with van der Waals surface area (Å²) in [7, 11) is 0. The van der Waals surface area contributed by atoms with Gasteiger partial charge in [0.2, 0.25) is 5.75 Å². The molecule has 0 saturated carbocycles. The van der Waals surface area contributed by atoms with E-state index in [0.717, 1.165) is 23.2 Å². The monoisotopic (exact) mass is 431 g/mol. The predicted molar refractivity (Wildman–Crippen MR) is 108 cm³/mol. The van der Waals surface area contributed by atoms with Crippen molar-refractivity contribution in [2.75, 3.05) is 6.61 Å². The minimum atomic E-state index is -0.794. The summed E-state index contributed by atoms with van der Waals surface area (Å²) in [6.07, 6.45) is 1.01. The SMILES string of the molecule is Cc1cc(=O)oc2cc(OCC(=O)N/N=C\c3cc(Cl)cc([N+](=O)[O-])c3O)ccc12. The van der Waals surface area contributed by atoms with Crippen molar-refractivity contribution >= 4 is 40.4 Å². The molecule has 0 bridgehead atoms. The highest BCUT2D eigenvalue weighted by Gasteiger charge is 2.17. The number of carbonyl (C=O) groups is 1. The van der Waals surface area contributed by atoms with E-state index in [2.05, 4.69) is 10.5 Å². The molecule has 11 heteroatoms. The quantitative estimate of drug-likeness (QED) is 0.264. The zero-order valence-electron chi connectivity index (χ0n) is 15.4. The number of phenolic OH excluding ortho intramolecular Hbond substituents is 1. The zero-order chi connectivity index (χ0) is 21.8. The number of hydrogen-bond acceptors (Lipinski definition) is 8. The molecule has 0 atom stereocenters. The fourth-order valence-electron chi connectivity index (χ4n) is 2.59. The molecule has 0 aliphatic rings. The number of hydrogen-bond donors (Lipinski definition) is 2. The molecule has 0 aliphatic carbocycles. The van der Waals surface area contributed by atoms with E-state index in [1.807, 2.05) is 0 Å². The number of nitro groups is 1. The van der Waals surface area contributed by atoms with Crippen molar-refractivity contribution in [2.45, 2.75) is 6.92 Å². The number of nitrogens with one attached hydrogen (secondary N) is 1. The normalized spacial score (nSPS) is 11.0. The molecule has 1 aromatic heterocycles. The number of carbonyl (C=O) groups excluding carboxylic acids is 1. The van der Waals surface area contributed by atoms with Crippen LogP contribution in [0.5, 0.6) is 11.5 Å². The van der Waals surface area contributed by atoms with E-state index >= 15 is 0 Å². The number of aromatic hydroxyl groups is 1. The first-order valence-corrected chi connectivity index (χ1v) is 8.78. The van der Waals surface area contributed by atoms with Crippen LogP contribution in [0.2, 0.25) is 5.02 Å². The van der Waals surface area contributed by atoms with Crippen LogP contribution < -0.4 is 15.8 Å². The Kier molecular flexibility index (Phi) is 5.98. The van der Waals surface area contributed by atoms with E-state index in [-0.39, 0.29) is 10.6 Å². The maximum absolute atomic E-state index is 11.9. The van der Waals surface area contributed by atoms with Crippen molar-refractivity contribution < 1.29 is 24.0 Å². The Balaban J connectivity index is 1.64. The highest BCUT2D eigenvalue weighted by atomic mass is 35.5. The summed E-state index contributed by atoms with van der Waals surface area (Å²) in [6.45, 7) is 1.37. The molecule has 30 heavy (non-hydrogen) atoms. The Bertz CT molecular complexity index is 1240. The number of aryl methyl sites for hydroxylation is 1. The third-order valence-corrected chi connectivity index (χ3v) is 4.18. The Hall–Kier alpha value is -3.92. The van der Waals surface area contributed by atoms with Crippen LogP contribution in [0, 0.1) is 17.0 Å². The number of amides is 1. The Morgan fingerprint density at radius 1 is 1.37 bits per heavy atom. The smallest absolute Gasteiger partial charge is 0.336 e. The standard InChI is InChI=1S/C19H14ClN3O7/c1-10-4-18(25)30-16-7-13(2-3-14(10)16)29-9-17(24)22-21-8-11-5-12(20)6-15(19(11)26)23(27)28/h2-8,26H,9H2,1H3,(H,22,24)/b21-8-. The molecule has 0 aliphatic heterocycles. The molecule has 0 radical (unpaired) electrons. The number of ether oxygens (including phenoxy) is 1. The van der Waals surface area contributed by atoms with Crippen LogP contribution in [0.3, 0.4) is 0 Å². The summed E-state index contributed by atoms with van der Waals surface area (Å²) in [5.74, 6) is -0.960. The van der Waals surface area contributed by atoms with Gasteiger partial charge in [0.1, 0.15) is 11.3 Å². The van der Waals surface area contributed by atoms with E-state index in [1.165, 1.54) is 18.2 Å². The molecule has 1 heterocycles. The minimum Gasteiger partial charge on any atom is -0.502 e. The van der Waals surface area contributed by atoms with E-state index in [0.29, 0.717) is 11.3 Å². The number of phenols is 1. The zero-order valence-corrected chi connectivity index (χ0v) is 16.2. The van der Waals surface area contributed by atoms with E-state index in [9.17, 15) is 24.8 Å². The molecular formula is C19H14ClN3O7. The minimum absolute atomic E-state index is 0.0220. The molecule has 0 saturated heterocycles. The van der Waals surface area contributed by atoms with Crippen LogP contribution >= 0.6 is 11.6 Å². The molecule has 3 rings (SSSR count). The maximum Gasteiger partial charge on any atom is 0.336 e. The van der Waals surface area contributed by atoms with E-state index in [4.69, 9.17) is 20.8 Å². The second-order valence-corrected chi connectivity index (χ2v) is 6.54. The van der Waals surface area contributed by atoms with Crippen LogP contribution in [-0.2, 0) is 4.79 Å². The van der Waals surface area contributed by atoms with Crippen LogP contribution in [0.4, 0.5) is 5.69 Å². The number of benzene rings is 2. The van der Waals surface area contributed by atoms with Crippen LogP contribution in [0.15, 0.2) is 50.7 Å². The van der Waals surface area contributed by atoms with Crippen LogP contribution in [0.25, 0.3) is 11.0 Å². The highest BCUT2D eigenvalue weighted by Crippen LogP contribution is 2.32. The topological polar surface area (TPSA) is 144 Å².